The van der Waals surface area contributed by atoms with Gasteiger partial charge in [0.2, 0.25) is 0 Å². The third-order valence-electron chi connectivity index (χ3n) is 3.84. The highest BCUT2D eigenvalue weighted by Gasteiger charge is 2.19. The summed E-state index contributed by atoms with van der Waals surface area (Å²) in [5, 5.41) is 0.667. The lowest BCUT2D eigenvalue weighted by Crippen LogP contribution is -2.07. The number of hydrogen-bond acceptors (Lipinski definition) is 4. The zero-order valence-corrected chi connectivity index (χ0v) is 13.8. The molecule has 124 valence electrons. The number of benzene rings is 2. The molecule has 0 saturated heterocycles. The number of hydrogen-bond donors (Lipinski definition) is 0. The second kappa shape index (κ2) is 6.61. The van der Waals surface area contributed by atoms with Gasteiger partial charge in [0, 0.05) is 16.8 Å². The van der Waals surface area contributed by atoms with E-state index in [4.69, 9.17) is 16.0 Å². The first kappa shape index (κ1) is 15.7. The van der Waals surface area contributed by atoms with Gasteiger partial charge >= 0.3 is 0 Å². The maximum Gasteiger partial charge on any atom is 0.197 e. The molecule has 4 nitrogen and oxygen atoms in total. The first-order chi connectivity index (χ1) is 12.2. The van der Waals surface area contributed by atoms with E-state index in [9.17, 15) is 4.39 Å². The molecule has 4 rings (SSSR count). The van der Waals surface area contributed by atoms with E-state index in [0.717, 1.165) is 5.56 Å². The van der Waals surface area contributed by atoms with Crippen molar-refractivity contribution in [3.63, 3.8) is 0 Å². The van der Waals surface area contributed by atoms with Crippen molar-refractivity contribution in [3.8, 4) is 11.3 Å². The van der Waals surface area contributed by atoms with Gasteiger partial charge in [0.15, 0.2) is 17.5 Å². The molecule has 3 aromatic rings. The van der Waals surface area contributed by atoms with E-state index >= 15 is 0 Å². The zero-order chi connectivity index (χ0) is 17.2. The summed E-state index contributed by atoms with van der Waals surface area (Å²) in [5.41, 5.74) is 1.30. The van der Waals surface area contributed by atoms with Crippen LogP contribution in [-0.2, 0) is 6.42 Å². The van der Waals surface area contributed by atoms with Crippen molar-refractivity contribution in [2.75, 3.05) is 0 Å². The Balaban J connectivity index is 1.50. The quantitative estimate of drug-likeness (QED) is 0.689. The third-order valence-corrected chi connectivity index (χ3v) is 4.09. The van der Waals surface area contributed by atoms with Crippen molar-refractivity contribution < 1.29 is 8.81 Å². The molecular formula is C19H13ClFN3O. The van der Waals surface area contributed by atoms with Gasteiger partial charge in [-0.2, -0.15) is 0 Å². The predicted octanol–water partition coefficient (Wildman–Crippen LogP) is 4.58. The molecule has 6 heteroatoms. The topological polar surface area (TPSA) is 50.8 Å². The van der Waals surface area contributed by atoms with E-state index in [0.29, 0.717) is 34.5 Å². The monoisotopic (exact) mass is 353 g/mol. The minimum atomic E-state index is -0.333. The second-order valence-electron chi connectivity index (χ2n) is 5.61. The highest BCUT2D eigenvalue weighted by molar-refractivity contribution is 6.30. The van der Waals surface area contributed by atoms with Crippen molar-refractivity contribution >= 4 is 23.7 Å². The fraction of sp³-hybridized carbons (Fsp3) is 0.105. The highest BCUT2D eigenvalue weighted by atomic mass is 35.5. The highest BCUT2D eigenvalue weighted by Crippen LogP contribution is 2.23. The SMILES string of the molecule is Fc1ccccc1C1=NC(Cc2ncc(-c3ccc(Cl)cc3)o2)C=N1. The molecule has 0 spiro atoms. The Bertz CT molecular complexity index is 963. The summed E-state index contributed by atoms with van der Waals surface area (Å²) < 4.78 is 19.6. The van der Waals surface area contributed by atoms with Crippen molar-refractivity contribution in [1.29, 1.82) is 0 Å². The number of aliphatic imine (C=N–C) groups is 2. The van der Waals surface area contributed by atoms with Crippen LogP contribution in [0.5, 0.6) is 0 Å². The molecule has 0 aliphatic carbocycles. The normalized spacial score (nSPS) is 16.2. The van der Waals surface area contributed by atoms with Crippen LogP contribution in [0.4, 0.5) is 4.39 Å². The Morgan fingerprint density at radius 3 is 2.68 bits per heavy atom. The summed E-state index contributed by atoms with van der Waals surface area (Å²) in [5.74, 6) is 1.28. The number of rotatable bonds is 4. The molecule has 0 saturated carbocycles. The van der Waals surface area contributed by atoms with Gasteiger partial charge in [0.05, 0.1) is 24.2 Å². The van der Waals surface area contributed by atoms with Crippen LogP contribution in [0.3, 0.4) is 0 Å². The van der Waals surface area contributed by atoms with Crippen LogP contribution in [0.1, 0.15) is 11.5 Å². The molecule has 0 bridgehead atoms. The van der Waals surface area contributed by atoms with Crippen molar-refractivity contribution in [2.45, 2.75) is 12.5 Å². The van der Waals surface area contributed by atoms with Gasteiger partial charge in [-0.15, -0.1) is 0 Å². The van der Waals surface area contributed by atoms with E-state index in [1.54, 1.807) is 42.7 Å². The van der Waals surface area contributed by atoms with E-state index in [1.807, 2.05) is 12.1 Å². The summed E-state index contributed by atoms with van der Waals surface area (Å²) in [4.78, 5) is 13.0. The van der Waals surface area contributed by atoms with Gasteiger partial charge in [0.1, 0.15) is 5.82 Å². The summed E-state index contributed by atoms with van der Waals surface area (Å²) in [6, 6.07) is 13.6. The van der Waals surface area contributed by atoms with Crippen molar-refractivity contribution in [3.05, 3.63) is 77.0 Å². The van der Waals surface area contributed by atoms with Gasteiger partial charge in [-0.3, -0.25) is 4.99 Å². The molecule has 1 aromatic heterocycles. The number of nitrogens with zero attached hydrogens (tertiary/aromatic N) is 3. The van der Waals surface area contributed by atoms with Gasteiger partial charge in [-0.25, -0.2) is 14.4 Å². The maximum atomic E-state index is 13.8. The van der Waals surface area contributed by atoms with E-state index in [-0.39, 0.29) is 11.9 Å². The molecule has 0 amide bonds. The van der Waals surface area contributed by atoms with Crippen LogP contribution in [0, 0.1) is 5.82 Å². The molecular weight excluding hydrogens is 341 g/mol. The summed E-state index contributed by atoms with van der Waals surface area (Å²) in [6.45, 7) is 0. The third kappa shape index (κ3) is 3.37. The van der Waals surface area contributed by atoms with Gasteiger partial charge in [0.25, 0.3) is 0 Å². The van der Waals surface area contributed by atoms with Gasteiger partial charge in [-0.1, -0.05) is 23.7 Å². The van der Waals surface area contributed by atoms with E-state index < -0.39 is 0 Å². The molecule has 1 aliphatic heterocycles. The van der Waals surface area contributed by atoms with E-state index in [2.05, 4.69) is 15.0 Å². The second-order valence-corrected chi connectivity index (χ2v) is 6.04. The molecule has 0 N–H and O–H groups in total. The largest absolute Gasteiger partial charge is 0.441 e. The van der Waals surface area contributed by atoms with Crippen LogP contribution < -0.4 is 0 Å². The Kier molecular flexibility index (Phi) is 4.15. The van der Waals surface area contributed by atoms with Crippen LogP contribution in [0.2, 0.25) is 5.02 Å². The van der Waals surface area contributed by atoms with Crippen LogP contribution >= 0.6 is 11.6 Å². The molecule has 1 aliphatic rings. The van der Waals surface area contributed by atoms with Gasteiger partial charge < -0.3 is 4.42 Å². The summed E-state index contributed by atoms with van der Waals surface area (Å²) in [7, 11) is 0. The molecule has 0 fully saturated rings. The fourth-order valence-corrected chi connectivity index (χ4v) is 2.72. The molecule has 1 atom stereocenters. The molecule has 2 heterocycles. The number of halogens is 2. The molecule has 25 heavy (non-hydrogen) atoms. The van der Waals surface area contributed by atoms with Crippen LogP contribution in [0.25, 0.3) is 11.3 Å². The first-order valence-electron chi connectivity index (χ1n) is 7.76. The minimum absolute atomic E-state index is 0.216. The summed E-state index contributed by atoms with van der Waals surface area (Å²) in [6.07, 6.45) is 3.83. The average Bonchev–Trinajstić information content (AvgIpc) is 3.26. The molecule has 1 unspecified atom stereocenters. The first-order valence-corrected chi connectivity index (χ1v) is 8.14. The summed E-state index contributed by atoms with van der Waals surface area (Å²) >= 11 is 5.89. The number of aromatic nitrogens is 1. The van der Waals surface area contributed by atoms with Crippen molar-refractivity contribution in [1.82, 2.24) is 4.98 Å². The van der Waals surface area contributed by atoms with Gasteiger partial charge in [-0.05, 0) is 36.4 Å². The lowest BCUT2D eigenvalue weighted by Gasteiger charge is -2.01. The Morgan fingerprint density at radius 2 is 1.88 bits per heavy atom. The van der Waals surface area contributed by atoms with E-state index in [1.165, 1.54) is 6.07 Å². The maximum absolute atomic E-state index is 13.8. The number of amidine groups is 1. The van der Waals surface area contributed by atoms with Crippen LogP contribution in [0.15, 0.2) is 69.1 Å². The smallest absolute Gasteiger partial charge is 0.197 e. The predicted molar refractivity (Wildman–Crippen MR) is 95.9 cm³/mol. The lowest BCUT2D eigenvalue weighted by atomic mass is 10.2. The van der Waals surface area contributed by atoms with Crippen molar-refractivity contribution in [2.24, 2.45) is 9.98 Å². The fourth-order valence-electron chi connectivity index (χ4n) is 2.59. The Morgan fingerprint density at radius 1 is 1.08 bits per heavy atom. The Hall–Kier alpha value is -2.79. The lowest BCUT2D eigenvalue weighted by molar-refractivity contribution is 0.501. The Labute approximate surface area is 148 Å². The minimum Gasteiger partial charge on any atom is -0.441 e. The standard InChI is InChI=1S/C19H13ClFN3O/c20-13-7-5-12(6-8-13)17-11-22-18(25-17)9-14-10-23-19(24-14)15-3-1-2-4-16(15)21/h1-8,10-11,14H,9H2. The molecule has 0 radical (unpaired) electrons. The van der Waals surface area contributed by atoms with Crippen LogP contribution in [-0.4, -0.2) is 23.1 Å². The average molecular weight is 354 g/mol. The number of oxazole rings is 1. The molecule has 2 aromatic carbocycles. The zero-order valence-electron chi connectivity index (χ0n) is 13.1.